The van der Waals surface area contributed by atoms with Gasteiger partial charge in [-0.05, 0) is 31.4 Å². The Labute approximate surface area is 121 Å². The van der Waals surface area contributed by atoms with Crippen LogP contribution in [0.2, 0.25) is 0 Å². The number of aryl methyl sites for hydroxylation is 1. The molecule has 0 atom stereocenters. The van der Waals surface area contributed by atoms with Crippen LogP contribution in [0.1, 0.15) is 28.8 Å². The maximum Gasteiger partial charge on any atom is 0.342 e. The van der Waals surface area contributed by atoms with Crippen LogP contribution < -0.4 is 10.6 Å². The summed E-state index contributed by atoms with van der Waals surface area (Å²) >= 11 is 0. The number of rotatable bonds is 4. The number of phenols is 1. The molecule has 112 valence electrons. The fraction of sp³-hybridized carbons (Fsp3) is 0.357. The SMILES string of the molecule is Cc1cccc(C(=O)OCC(=O)NC(=O)NC2CC2)c1O. The van der Waals surface area contributed by atoms with Crippen LogP contribution in [0.25, 0.3) is 0 Å². The summed E-state index contributed by atoms with van der Waals surface area (Å²) in [5, 5.41) is 14.3. The van der Waals surface area contributed by atoms with Gasteiger partial charge in [0.25, 0.3) is 5.91 Å². The fourth-order valence-electron chi connectivity index (χ4n) is 1.64. The van der Waals surface area contributed by atoms with Gasteiger partial charge in [-0.15, -0.1) is 0 Å². The van der Waals surface area contributed by atoms with E-state index in [1.165, 1.54) is 6.07 Å². The number of urea groups is 1. The van der Waals surface area contributed by atoms with Crippen LogP contribution in [0.15, 0.2) is 18.2 Å². The maximum absolute atomic E-state index is 11.7. The second kappa shape index (κ2) is 6.25. The van der Waals surface area contributed by atoms with E-state index in [1.807, 2.05) is 0 Å². The molecule has 1 fully saturated rings. The molecule has 1 aliphatic carbocycles. The molecule has 3 amide bonds. The molecule has 21 heavy (non-hydrogen) atoms. The number of carbonyl (C=O) groups is 3. The number of ether oxygens (including phenoxy) is 1. The third kappa shape index (κ3) is 4.20. The van der Waals surface area contributed by atoms with E-state index < -0.39 is 24.5 Å². The Hall–Kier alpha value is -2.57. The number of benzene rings is 1. The molecule has 7 nitrogen and oxygen atoms in total. The summed E-state index contributed by atoms with van der Waals surface area (Å²) in [7, 11) is 0. The highest BCUT2D eigenvalue weighted by Crippen LogP contribution is 2.22. The van der Waals surface area contributed by atoms with Gasteiger partial charge in [0.15, 0.2) is 6.61 Å². The third-order valence-corrected chi connectivity index (χ3v) is 2.96. The number of esters is 1. The van der Waals surface area contributed by atoms with E-state index in [0.29, 0.717) is 5.56 Å². The zero-order chi connectivity index (χ0) is 15.4. The van der Waals surface area contributed by atoms with Gasteiger partial charge >= 0.3 is 12.0 Å². The summed E-state index contributed by atoms with van der Waals surface area (Å²) < 4.78 is 4.76. The molecule has 0 bridgehead atoms. The minimum absolute atomic E-state index is 0.0229. The van der Waals surface area contributed by atoms with Crippen molar-refractivity contribution in [1.82, 2.24) is 10.6 Å². The van der Waals surface area contributed by atoms with Crippen molar-refractivity contribution in [3.8, 4) is 5.75 Å². The van der Waals surface area contributed by atoms with Crippen molar-refractivity contribution in [1.29, 1.82) is 0 Å². The number of imide groups is 1. The Kier molecular flexibility index (Phi) is 4.42. The van der Waals surface area contributed by atoms with Crippen molar-refractivity contribution >= 4 is 17.9 Å². The van der Waals surface area contributed by atoms with Crippen LogP contribution in [0.3, 0.4) is 0 Å². The molecule has 1 aromatic carbocycles. The molecular weight excluding hydrogens is 276 g/mol. The molecule has 0 radical (unpaired) electrons. The first-order valence-electron chi connectivity index (χ1n) is 6.53. The van der Waals surface area contributed by atoms with E-state index >= 15 is 0 Å². The Bertz CT molecular complexity index is 581. The lowest BCUT2D eigenvalue weighted by Gasteiger charge is -2.08. The second-order valence-corrected chi connectivity index (χ2v) is 4.84. The standard InChI is InChI=1S/C14H16N2O5/c1-8-3-2-4-10(12(8)18)13(19)21-7-11(17)16-14(20)15-9-5-6-9/h2-4,9,18H,5-7H2,1H3,(H2,15,16,17,20). The quantitative estimate of drug-likeness (QED) is 0.713. The average Bonchev–Trinajstić information content (AvgIpc) is 3.23. The van der Waals surface area contributed by atoms with Gasteiger partial charge in [0.2, 0.25) is 0 Å². The van der Waals surface area contributed by atoms with Crippen molar-refractivity contribution < 1.29 is 24.2 Å². The summed E-state index contributed by atoms with van der Waals surface area (Å²) in [5.41, 5.74) is 0.503. The maximum atomic E-state index is 11.7. The lowest BCUT2D eigenvalue weighted by Crippen LogP contribution is -2.42. The molecule has 0 unspecified atom stereocenters. The normalized spacial score (nSPS) is 13.4. The minimum atomic E-state index is -0.825. The molecule has 0 aliphatic heterocycles. The highest BCUT2D eigenvalue weighted by atomic mass is 16.5. The van der Waals surface area contributed by atoms with Gasteiger partial charge in [-0.25, -0.2) is 9.59 Å². The summed E-state index contributed by atoms with van der Waals surface area (Å²) in [5.74, 6) is -1.74. The predicted octanol–water partition coefficient (Wildman–Crippen LogP) is 0.846. The average molecular weight is 292 g/mol. The van der Waals surface area contributed by atoms with Gasteiger partial charge < -0.3 is 15.2 Å². The number of nitrogens with one attached hydrogen (secondary N) is 2. The Morgan fingerprint density at radius 2 is 2.05 bits per heavy atom. The zero-order valence-electron chi connectivity index (χ0n) is 11.5. The number of carbonyl (C=O) groups excluding carboxylic acids is 3. The van der Waals surface area contributed by atoms with E-state index in [0.717, 1.165) is 12.8 Å². The van der Waals surface area contributed by atoms with E-state index in [9.17, 15) is 19.5 Å². The van der Waals surface area contributed by atoms with E-state index in [-0.39, 0.29) is 17.4 Å². The summed E-state index contributed by atoms with van der Waals surface area (Å²) in [4.78, 5) is 34.5. The first-order chi connectivity index (χ1) is 9.97. The van der Waals surface area contributed by atoms with Gasteiger partial charge in [-0.2, -0.15) is 0 Å². The van der Waals surface area contributed by atoms with E-state index in [2.05, 4.69) is 10.6 Å². The molecule has 1 aliphatic rings. The van der Waals surface area contributed by atoms with Crippen molar-refractivity contribution in [3.05, 3.63) is 29.3 Å². The van der Waals surface area contributed by atoms with Gasteiger partial charge in [0.05, 0.1) is 0 Å². The topological polar surface area (TPSA) is 105 Å². The highest BCUT2D eigenvalue weighted by Gasteiger charge is 2.24. The van der Waals surface area contributed by atoms with Crippen molar-refractivity contribution in [2.45, 2.75) is 25.8 Å². The van der Waals surface area contributed by atoms with Crippen LogP contribution >= 0.6 is 0 Å². The summed E-state index contributed by atoms with van der Waals surface area (Å²) in [6.45, 7) is 1.05. The van der Waals surface area contributed by atoms with Gasteiger partial charge in [-0.3, -0.25) is 10.1 Å². The smallest absolute Gasteiger partial charge is 0.342 e. The highest BCUT2D eigenvalue weighted by molar-refractivity contribution is 5.98. The number of para-hydroxylation sites is 1. The Balaban J connectivity index is 1.81. The van der Waals surface area contributed by atoms with Crippen molar-refractivity contribution in [2.75, 3.05) is 6.61 Å². The van der Waals surface area contributed by atoms with Crippen molar-refractivity contribution in [3.63, 3.8) is 0 Å². The van der Waals surface area contributed by atoms with Gasteiger partial charge in [0, 0.05) is 6.04 Å². The molecule has 0 heterocycles. The van der Waals surface area contributed by atoms with Crippen LogP contribution in [0.5, 0.6) is 5.75 Å². The summed E-state index contributed by atoms with van der Waals surface area (Å²) in [6.07, 6.45) is 1.81. The monoisotopic (exact) mass is 292 g/mol. The molecule has 1 aromatic rings. The lowest BCUT2D eigenvalue weighted by molar-refractivity contribution is -0.123. The molecule has 3 N–H and O–H groups in total. The van der Waals surface area contributed by atoms with Crippen LogP contribution in [0.4, 0.5) is 4.79 Å². The third-order valence-electron chi connectivity index (χ3n) is 2.96. The van der Waals surface area contributed by atoms with Crippen LogP contribution in [-0.2, 0) is 9.53 Å². The molecule has 0 aromatic heterocycles. The van der Waals surface area contributed by atoms with Crippen LogP contribution in [0, 0.1) is 6.92 Å². The first-order valence-corrected chi connectivity index (χ1v) is 6.53. The molecule has 0 saturated heterocycles. The summed E-state index contributed by atoms with van der Waals surface area (Å²) in [6, 6.07) is 4.15. The number of aromatic hydroxyl groups is 1. The Morgan fingerprint density at radius 3 is 2.71 bits per heavy atom. The second-order valence-electron chi connectivity index (χ2n) is 4.84. The van der Waals surface area contributed by atoms with E-state index in [4.69, 9.17) is 4.74 Å². The lowest BCUT2D eigenvalue weighted by atomic mass is 10.1. The van der Waals surface area contributed by atoms with Crippen molar-refractivity contribution in [2.24, 2.45) is 0 Å². The number of hydrogen-bond donors (Lipinski definition) is 3. The minimum Gasteiger partial charge on any atom is -0.507 e. The largest absolute Gasteiger partial charge is 0.507 e. The molecule has 7 heteroatoms. The van der Waals surface area contributed by atoms with Gasteiger partial charge in [0.1, 0.15) is 11.3 Å². The van der Waals surface area contributed by atoms with E-state index in [1.54, 1.807) is 19.1 Å². The fourth-order valence-corrected chi connectivity index (χ4v) is 1.64. The first kappa shape index (κ1) is 14.8. The number of amides is 3. The Morgan fingerprint density at radius 1 is 1.33 bits per heavy atom. The van der Waals surface area contributed by atoms with Gasteiger partial charge in [-0.1, -0.05) is 12.1 Å². The molecule has 1 saturated carbocycles. The van der Waals surface area contributed by atoms with Crippen LogP contribution in [-0.4, -0.2) is 35.7 Å². The molecule has 2 rings (SSSR count). The molecular formula is C14H16N2O5. The number of hydrogen-bond acceptors (Lipinski definition) is 5. The number of phenolic OH excluding ortho intramolecular Hbond substituents is 1. The zero-order valence-corrected chi connectivity index (χ0v) is 11.5. The predicted molar refractivity (Wildman–Crippen MR) is 72.8 cm³/mol. The molecule has 0 spiro atoms.